The van der Waals surface area contributed by atoms with Gasteiger partial charge in [-0.1, -0.05) is 23.4 Å². The molecule has 22 heavy (non-hydrogen) atoms. The summed E-state index contributed by atoms with van der Waals surface area (Å²) in [5.74, 6) is 2.37. The van der Waals surface area contributed by atoms with Crippen LogP contribution in [-0.2, 0) is 5.75 Å². The molecule has 7 heteroatoms. The fourth-order valence-electron chi connectivity index (χ4n) is 1.91. The van der Waals surface area contributed by atoms with Crippen LogP contribution in [0.3, 0.4) is 0 Å². The van der Waals surface area contributed by atoms with Gasteiger partial charge in [-0.15, -0.1) is 10.2 Å². The maximum Gasteiger partial charge on any atom is 0.247 e. The Labute approximate surface area is 137 Å². The fourth-order valence-corrected chi connectivity index (χ4v) is 2.88. The quantitative estimate of drug-likeness (QED) is 0.529. The van der Waals surface area contributed by atoms with Gasteiger partial charge in [0.25, 0.3) is 0 Å². The summed E-state index contributed by atoms with van der Waals surface area (Å²) in [6, 6.07) is 9.23. The summed E-state index contributed by atoms with van der Waals surface area (Å²) >= 11 is 7.41. The second-order valence-electron chi connectivity index (χ2n) is 4.69. The van der Waals surface area contributed by atoms with Crippen LogP contribution in [0.5, 0.6) is 0 Å². The van der Waals surface area contributed by atoms with Crippen LogP contribution >= 0.6 is 23.4 Å². The molecule has 5 nitrogen and oxygen atoms in total. The molecule has 0 aliphatic heterocycles. The molecule has 0 fully saturated rings. The molecular formula is C15H13ClN4OS. The third-order valence-corrected chi connectivity index (χ3v) is 3.99. The van der Waals surface area contributed by atoms with Crippen LogP contribution in [0.1, 0.15) is 17.4 Å². The van der Waals surface area contributed by atoms with Crippen LogP contribution in [0.15, 0.2) is 39.8 Å². The normalized spacial score (nSPS) is 10.9. The third kappa shape index (κ3) is 3.64. The molecule has 2 heterocycles. The molecule has 0 saturated carbocycles. The average molecular weight is 333 g/mol. The smallest absolute Gasteiger partial charge is 0.247 e. The van der Waals surface area contributed by atoms with Gasteiger partial charge in [0.2, 0.25) is 11.8 Å². The summed E-state index contributed by atoms with van der Waals surface area (Å²) in [7, 11) is 0. The van der Waals surface area contributed by atoms with Gasteiger partial charge in [-0.25, -0.2) is 9.97 Å². The van der Waals surface area contributed by atoms with E-state index in [-0.39, 0.29) is 0 Å². The number of hydrogen-bond donors (Lipinski definition) is 0. The number of hydrogen-bond acceptors (Lipinski definition) is 6. The van der Waals surface area contributed by atoms with Gasteiger partial charge in [0.05, 0.1) is 5.75 Å². The van der Waals surface area contributed by atoms with Gasteiger partial charge in [-0.3, -0.25) is 0 Å². The van der Waals surface area contributed by atoms with Crippen LogP contribution in [0.25, 0.3) is 11.5 Å². The maximum atomic E-state index is 5.87. The summed E-state index contributed by atoms with van der Waals surface area (Å²) < 4.78 is 5.66. The lowest BCUT2D eigenvalue weighted by Crippen LogP contribution is -1.93. The van der Waals surface area contributed by atoms with Crippen molar-refractivity contribution in [3.05, 3.63) is 52.8 Å². The van der Waals surface area contributed by atoms with Gasteiger partial charge in [-0.2, -0.15) is 0 Å². The summed E-state index contributed by atoms with van der Waals surface area (Å²) in [6.45, 7) is 3.83. The minimum absolute atomic E-state index is 0.488. The highest BCUT2D eigenvalue weighted by Gasteiger charge is 2.09. The second-order valence-corrected chi connectivity index (χ2v) is 6.12. The molecule has 0 amide bonds. The number of rotatable bonds is 4. The van der Waals surface area contributed by atoms with Gasteiger partial charge in [-0.05, 0) is 44.2 Å². The number of nitrogens with zero attached hydrogens (tertiary/aromatic N) is 4. The lowest BCUT2D eigenvalue weighted by Gasteiger charge is -2.01. The zero-order chi connectivity index (χ0) is 15.5. The van der Waals surface area contributed by atoms with Crippen molar-refractivity contribution in [2.24, 2.45) is 0 Å². The maximum absolute atomic E-state index is 5.87. The van der Waals surface area contributed by atoms with Crippen LogP contribution in [0.4, 0.5) is 0 Å². The molecule has 0 unspecified atom stereocenters. The van der Waals surface area contributed by atoms with Crippen molar-refractivity contribution in [1.29, 1.82) is 0 Å². The van der Waals surface area contributed by atoms with E-state index in [1.54, 1.807) is 23.9 Å². The Morgan fingerprint density at radius 1 is 1.09 bits per heavy atom. The molecule has 112 valence electrons. The van der Waals surface area contributed by atoms with Crippen molar-refractivity contribution in [3.63, 3.8) is 0 Å². The van der Waals surface area contributed by atoms with Gasteiger partial charge in [0.1, 0.15) is 10.9 Å². The van der Waals surface area contributed by atoms with E-state index in [2.05, 4.69) is 20.2 Å². The molecule has 1 aromatic carbocycles. The first kappa shape index (κ1) is 15.0. The number of aryl methyl sites for hydroxylation is 2. The number of benzene rings is 1. The number of halogens is 1. The van der Waals surface area contributed by atoms with E-state index in [0.29, 0.717) is 22.6 Å². The monoisotopic (exact) mass is 332 g/mol. The molecular weight excluding hydrogens is 320 g/mol. The first-order chi connectivity index (χ1) is 10.6. The Kier molecular flexibility index (Phi) is 4.40. The molecule has 3 aromatic rings. The molecule has 0 radical (unpaired) electrons. The van der Waals surface area contributed by atoms with E-state index in [1.807, 2.05) is 32.0 Å². The van der Waals surface area contributed by atoms with Crippen LogP contribution in [0.2, 0.25) is 5.02 Å². The van der Waals surface area contributed by atoms with Crippen LogP contribution in [-0.4, -0.2) is 20.2 Å². The van der Waals surface area contributed by atoms with Gasteiger partial charge in [0, 0.05) is 16.3 Å². The molecule has 0 bridgehead atoms. The lowest BCUT2D eigenvalue weighted by molar-refractivity contribution is 0.528. The summed E-state index contributed by atoms with van der Waals surface area (Å²) in [4.78, 5) is 8.62. The molecule has 0 spiro atoms. The summed E-state index contributed by atoms with van der Waals surface area (Å²) in [6.07, 6.45) is 0. The Balaban J connectivity index is 1.70. The topological polar surface area (TPSA) is 64.7 Å². The zero-order valence-corrected chi connectivity index (χ0v) is 13.6. The molecule has 0 saturated heterocycles. The van der Waals surface area contributed by atoms with Crippen LogP contribution < -0.4 is 0 Å². The molecule has 0 aliphatic rings. The van der Waals surface area contributed by atoms with Gasteiger partial charge >= 0.3 is 0 Å². The van der Waals surface area contributed by atoms with E-state index in [4.69, 9.17) is 16.0 Å². The molecule has 0 aliphatic carbocycles. The highest BCUT2D eigenvalue weighted by atomic mass is 35.5. The first-order valence-corrected chi connectivity index (χ1v) is 8.00. The number of thioether (sulfide) groups is 1. The van der Waals surface area contributed by atoms with E-state index < -0.39 is 0 Å². The zero-order valence-electron chi connectivity index (χ0n) is 12.1. The van der Waals surface area contributed by atoms with Crippen molar-refractivity contribution < 1.29 is 4.42 Å². The van der Waals surface area contributed by atoms with Crippen molar-refractivity contribution in [3.8, 4) is 11.5 Å². The van der Waals surface area contributed by atoms with Gasteiger partial charge < -0.3 is 4.42 Å². The Morgan fingerprint density at radius 2 is 1.86 bits per heavy atom. The fraction of sp³-hybridized carbons (Fsp3) is 0.200. The Bertz CT molecular complexity index is 768. The minimum atomic E-state index is 0.488. The SMILES string of the molecule is Cc1cc(SCc2nnc(-c3ccc(Cl)cc3)o2)nc(C)n1. The second kappa shape index (κ2) is 6.46. The molecule has 3 rings (SSSR count). The van der Waals surface area contributed by atoms with E-state index in [1.165, 1.54) is 0 Å². The van der Waals surface area contributed by atoms with Crippen molar-refractivity contribution in [1.82, 2.24) is 20.2 Å². The lowest BCUT2D eigenvalue weighted by atomic mass is 10.2. The molecule has 0 N–H and O–H groups in total. The highest BCUT2D eigenvalue weighted by molar-refractivity contribution is 7.98. The average Bonchev–Trinajstić information content (AvgIpc) is 2.94. The standard InChI is InChI=1S/C15H13ClN4OS/c1-9-7-14(18-10(2)17-9)22-8-13-19-20-15(21-13)11-3-5-12(16)6-4-11/h3-7H,8H2,1-2H3. The largest absolute Gasteiger partial charge is 0.420 e. The van der Waals surface area contributed by atoms with E-state index >= 15 is 0 Å². The summed E-state index contributed by atoms with van der Waals surface area (Å²) in [5, 5.41) is 9.69. The number of aromatic nitrogens is 4. The Morgan fingerprint density at radius 3 is 2.59 bits per heavy atom. The third-order valence-electron chi connectivity index (χ3n) is 2.84. The van der Waals surface area contributed by atoms with Crippen molar-refractivity contribution in [2.75, 3.05) is 0 Å². The van der Waals surface area contributed by atoms with Gasteiger partial charge in [0.15, 0.2) is 0 Å². The molecule has 2 aromatic heterocycles. The summed E-state index contributed by atoms with van der Waals surface area (Å²) in [5.41, 5.74) is 1.80. The Hall–Kier alpha value is -1.92. The van der Waals surface area contributed by atoms with Crippen LogP contribution in [0, 0.1) is 13.8 Å². The first-order valence-electron chi connectivity index (χ1n) is 6.63. The molecule has 0 atom stereocenters. The van der Waals surface area contributed by atoms with E-state index in [0.717, 1.165) is 22.1 Å². The van der Waals surface area contributed by atoms with Crippen molar-refractivity contribution >= 4 is 23.4 Å². The highest BCUT2D eigenvalue weighted by Crippen LogP contribution is 2.24. The van der Waals surface area contributed by atoms with E-state index in [9.17, 15) is 0 Å². The predicted molar refractivity (Wildman–Crippen MR) is 85.8 cm³/mol. The minimum Gasteiger partial charge on any atom is -0.420 e. The predicted octanol–water partition coefficient (Wildman–Crippen LogP) is 4.09. The van der Waals surface area contributed by atoms with Crippen molar-refractivity contribution in [2.45, 2.75) is 24.6 Å².